The number of amides is 2. The van der Waals surface area contributed by atoms with Crippen LogP contribution in [-0.4, -0.2) is 63.4 Å². The Labute approximate surface area is 245 Å². The van der Waals surface area contributed by atoms with E-state index in [9.17, 15) is 19.5 Å². The Balaban J connectivity index is 1.39. The zero-order valence-electron chi connectivity index (χ0n) is 23.8. The van der Waals surface area contributed by atoms with Crippen LogP contribution in [0, 0.1) is 5.92 Å². The zero-order chi connectivity index (χ0) is 29.9. The molecule has 1 fully saturated rings. The number of carboxylic acid groups (broad SMARTS) is 1. The summed E-state index contributed by atoms with van der Waals surface area (Å²) in [4.78, 5) is 45.8. The Bertz CT molecular complexity index is 1450. The summed E-state index contributed by atoms with van der Waals surface area (Å²) in [5.41, 5.74) is 3.07. The molecule has 0 radical (unpaired) electrons. The molecular formula is C34H34N4O4. The molecule has 2 amide bonds. The molecule has 214 valence electrons. The van der Waals surface area contributed by atoms with Gasteiger partial charge in [-0.05, 0) is 34.7 Å². The van der Waals surface area contributed by atoms with Gasteiger partial charge in [-0.15, -0.1) is 0 Å². The lowest BCUT2D eigenvalue weighted by Crippen LogP contribution is -2.45. The second kappa shape index (κ2) is 12.0. The minimum absolute atomic E-state index is 0.103. The third-order valence-electron chi connectivity index (χ3n) is 7.79. The van der Waals surface area contributed by atoms with E-state index in [1.807, 2.05) is 54.6 Å². The van der Waals surface area contributed by atoms with Crippen LogP contribution < -0.4 is 5.32 Å². The number of nitrogens with zero attached hydrogens (tertiary/aromatic N) is 3. The van der Waals surface area contributed by atoms with Crippen molar-refractivity contribution in [1.29, 1.82) is 0 Å². The molecule has 0 aliphatic carbocycles. The Hall–Kier alpha value is -4.82. The molecule has 1 aliphatic heterocycles. The molecule has 1 aliphatic rings. The van der Waals surface area contributed by atoms with Crippen LogP contribution in [0.25, 0.3) is 0 Å². The van der Waals surface area contributed by atoms with Crippen LogP contribution in [-0.2, 0) is 15.1 Å². The van der Waals surface area contributed by atoms with Crippen LogP contribution in [0.3, 0.4) is 0 Å². The third-order valence-corrected chi connectivity index (χ3v) is 7.79. The van der Waals surface area contributed by atoms with Crippen molar-refractivity contribution in [3.8, 4) is 0 Å². The van der Waals surface area contributed by atoms with Gasteiger partial charge in [0, 0.05) is 13.6 Å². The van der Waals surface area contributed by atoms with Gasteiger partial charge in [-0.3, -0.25) is 14.5 Å². The van der Waals surface area contributed by atoms with Gasteiger partial charge in [-0.25, -0.2) is 9.78 Å². The summed E-state index contributed by atoms with van der Waals surface area (Å²) in [7, 11) is 1.46. The van der Waals surface area contributed by atoms with Gasteiger partial charge in [0.05, 0.1) is 17.4 Å². The monoisotopic (exact) mass is 562 g/mol. The molecule has 8 nitrogen and oxygen atoms in total. The largest absolute Gasteiger partial charge is 0.480 e. The van der Waals surface area contributed by atoms with Crippen molar-refractivity contribution in [3.63, 3.8) is 0 Å². The van der Waals surface area contributed by atoms with Crippen LogP contribution in [0.1, 0.15) is 41.0 Å². The number of carbonyl (C=O) groups is 3. The van der Waals surface area contributed by atoms with Crippen LogP contribution >= 0.6 is 0 Å². The SMILES string of the molecule is CC(C)[C@@H](C(=O)O)N(C)C(=O)c1ccc(NC(=O)[C@@H]2CN2C(c2ccccc2)(c2ccccc2)c2ccccc2)cn1. The van der Waals surface area contributed by atoms with Gasteiger partial charge in [0.2, 0.25) is 5.91 Å². The fourth-order valence-electron chi connectivity index (χ4n) is 5.79. The maximum atomic E-state index is 13.6. The fourth-order valence-corrected chi connectivity index (χ4v) is 5.79. The number of rotatable bonds is 10. The van der Waals surface area contributed by atoms with Crippen molar-refractivity contribution in [2.24, 2.45) is 5.92 Å². The molecule has 1 unspecified atom stereocenters. The van der Waals surface area contributed by atoms with Gasteiger partial charge in [0.1, 0.15) is 17.8 Å². The average Bonchev–Trinajstić information content (AvgIpc) is 3.80. The summed E-state index contributed by atoms with van der Waals surface area (Å²) in [6.45, 7) is 4.04. The lowest BCUT2D eigenvalue weighted by molar-refractivity contribution is -0.143. The highest BCUT2D eigenvalue weighted by molar-refractivity contribution is 5.98. The molecule has 0 bridgehead atoms. The number of carbonyl (C=O) groups excluding carboxylic acids is 2. The molecule has 4 aromatic rings. The number of pyridine rings is 1. The highest BCUT2D eigenvalue weighted by atomic mass is 16.4. The zero-order valence-corrected chi connectivity index (χ0v) is 23.8. The number of nitrogens with one attached hydrogen (secondary N) is 1. The van der Waals surface area contributed by atoms with E-state index in [0.717, 1.165) is 16.7 Å². The van der Waals surface area contributed by atoms with Crippen molar-refractivity contribution >= 4 is 23.5 Å². The number of hydrogen-bond acceptors (Lipinski definition) is 5. The Kier molecular flexibility index (Phi) is 8.17. The van der Waals surface area contributed by atoms with E-state index in [0.29, 0.717) is 12.2 Å². The Morgan fingerprint density at radius 3 is 1.76 bits per heavy atom. The molecule has 2 heterocycles. The number of aliphatic carboxylic acids is 1. The molecule has 1 saturated heterocycles. The lowest BCUT2D eigenvalue weighted by atomic mass is 9.76. The van der Waals surface area contributed by atoms with Crippen LogP contribution in [0.15, 0.2) is 109 Å². The highest BCUT2D eigenvalue weighted by Crippen LogP contribution is 2.48. The fraction of sp³-hybridized carbons (Fsp3) is 0.235. The van der Waals surface area contributed by atoms with E-state index < -0.39 is 29.5 Å². The number of hydrogen-bond donors (Lipinski definition) is 2. The quantitative estimate of drug-likeness (QED) is 0.211. The molecular weight excluding hydrogens is 528 g/mol. The van der Waals surface area contributed by atoms with Gasteiger partial charge in [-0.1, -0.05) is 105 Å². The second-order valence-corrected chi connectivity index (χ2v) is 10.8. The summed E-state index contributed by atoms with van der Waals surface area (Å²) < 4.78 is 0. The van der Waals surface area contributed by atoms with Gasteiger partial charge < -0.3 is 15.3 Å². The number of aromatic nitrogens is 1. The summed E-state index contributed by atoms with van der Waals surface area (Å²) >= 11 is 0. The normalized spacial score (nSPS) is 16.9. The smallest absolute Gasteiger partial charge is 0.326 e. The topological polar surface area (TPSA) is 103 Å². The van der Waals surface area contributed by atoms with E-state index in [-0.39, 0.29) is 17.5 Å². The maximum Gasteiger partial charge on any atom is 0.326 e. The third kappa shape index (κ3) is 5.41. The van der Waals surface area contributed by atoms with Crippen molar-refractivity contribution in [3.05, 3.63) is 132 Å². The number of benzene rings is 3. The maximum absolute atomic E-state index is 13.6. The Morgan fingerprint density at radius 2 is 1.36 bits per heavy atom. The summed E-state index contributed by atoms with van der Waals surface area (Å²) in [6.07, 6.45) is 1.43. The Morgan fingerprint density at radius 1 is 0.857 bits per heavy atom. The van der Waals surface area contributed by atoms with Crippen LogP contribution in [0.5, 0.6) is 0 Å². The van der Waals surface area contributed by atoms with Crippen molar-refractivity contribution < 1.29 is 19.5 Å². The standard InChI is InChI=1S/C34H34N4O4/c1-23(2)30(33(41)42)37(3)32(40)28-20-19-27(21-35-28)36-31(39)29-22-38(29)34(24-13-7-4-8-14-24,25-15-9-5-10-16-25)26-17-11-6-12-18-26/h4-21,23,29-30H,22H2,1-3H3,(H,36,39)(H,41,42)/t29-,30-,38?/m0/s1. The molecule has 5 rings (SSSR count). The minimum Gasteiger partial charge on any atom is -0.480 e. The first-order valence-electron chi connectivity index (χ1n) is 13.9. The lowest BCUT2D eigenvalue weighted by Gasteiger charge is -2.38. The van der Waals surface area contributed by atoms with E-state index in [1.165, 1.54) is 24.2 Å². The first-order valence-corrected chi connectivity index (χ1v) is 13.9. The molecule has 0 spiro atoms. The summed E-state index contributed by atoms with van der Waals surface area (Å²) in [6, 6.07) is 32.4. The molecule has 42 heavy (non-hydrogen) atoms. The number of likely N-dealkylation sites (N-methyl/N-ethyl adjacent to an activating group) is 1. The number of carboxylic acids is 1. The van der Waals surface area contributed by atoms with Gasteiger partial charge in [-0.2, -0.15) is 0 Å². The van der Waals surface area contributed by atoms with Gasteiger partial charge in [0.25, 0.3) is 5.91 Å². The minimum atomic E-state index is -1.07. The number of anilines is 1. The van der Waals surface area contributed by atoms with Gasteiger partial charge >= 0.3 is 5.97 Å². The van der Waals surface area contributed by atoms with Crippen molar-refractivity contribution in [1.82, 2.24) is 14.8 Å². The second-order valence-electron chi connectivity index (χ2n) is 10.8. The van der Waals surface area contributed by atoms with Crippen LogP contribution in [0.4, 0.5) is 5.69 Å². The molecule has 2 N–H and O–H groups in total. The predicted molar refractivity (Wildman–Crippen MR) is 161 cm³/mol. The summed E-state index contributed by atoms with van der Waals surface area (Å²) in [5, 5.41) is 12.5. The van der Waals surface area contributed by atoms with E-state index in [1.54, 1.807) is 19.9 Å². The van der Waals surface area contributed by atoms with E-state index in [2.05, 4.69) is 51.6 Å². The molecule has 0 saturated carbocycles. The molecule has 3 aromatic carbocycles. The first kappa shape index (κ1) is 28.7. The molecule has 3 atom stereocenters. The molecule has 1 aromatic heterocycles. The van der Waals surface area contributed by atoms with Gasteiger partial charge in [0.15, 0.2) is 0 Å². The average molecular weight is 563 g/mol. The van der Waals surface area contributed by atoms with Crippen molar-refractivity contribution in [2.75, 3.05) is 18.9 Å². The van der Waals surface area contributed by atoms with E-state index >= 15 is 0 Å². The first-order chi connectivity index (χ1) is 20.2. The predicted octanol–water partition coefficient (Wildman–Crippen LogP) is 4.88. The van der Waals surface area contributed by atoms with Crippen LogP contribution in [0.2, 0.25) is 0 Å². The highest BCUT2D eigenvalue weighted by Gasteiger charge is 2.55. The van der Waals surface area contributed by atoms with E-state index in [4.69, 9.17) is 0 Å². The molecule has 8 heteroatoms. The van der Waals surface area contributed by atoms with Crippen molar-refractivity contribution in [2.45, 2.75) is 31.5 Å². The summed E-state index contributed by atoms with van der Waals surface area (Å²) in [5.74, 6) is -2.02.